The molecule has 174 valence electrons. The summed E-state index contributed by atoms with van der Waals surface area (Å²) in [5, 5.41) is 7.39. The second-order valence-corrected chi connectivity index (χ2v) is 7.05. The van der Waals surface area contributed by atoms with E-state index in [2.05, 4.69) is 9.97 Å². The van der Waals surface area contributed by atoms with Gasteiger partial charge in [0.25, 0.3) is 0 Å². The highest BCUT2D eigenvalue weighted by atomic mass is 19.4. The molecule has 8 nitrogen and oxygen atoms in total. The first-order valence-electron chi connectivity index (χ1n) is 9.15. The number of halogens is 6. The summed E-state index contributed by atoms with van der Waals surface area (Å²) in [5.74, 6) is -2.29. The maximum Gasteiger partial charge on any atom is 0.490 e. The molecule has 3 aromatic rings. The molecule has 32 heavy (non-hydrogen) atoms. The van der Waals surface area contributed by atoms with Gasteiger partial charge < -0.3 is 25.9 Å². The van der Waals surface area contributed by atoms with Crippen molar-refractivity contribution in [1.29, 1.82) is 0 Å². The molecule has 0 radical (unpaired) electrons. The molecule has 1 aliphatic heterocycles. The van der Waals surface area contributed by atoms with Crippen molar-refractivity contribution in [3.63, 3.8) is 0 Å². The largest absolute Gasteiger partial charge is 0.490 e. The standard InChI is InChI=1S/C16H16F3N5O.C2HF3O2/c17-16(18,19)8-3-4-11-10(6-8)12-13(25-11)14(23-15(21)22-12)24-5-1-2-9(20)7-24;3-2(4,5)1(6)7/h3-4,6,9H,1-2,5,7,20H2,(H2,21,22,23);(H,6,7)/t9-;/m0./s1. The Bertz CT molecular complexity index is 1140. The molecule has 0 spiro atoms. The monoisotopic (exact) mass is 465 g/mol. The predicted molar refractivity (Wildman–Crippen MR) is 102 cm³/mol. The minimum Gasteiger partial charge on any atom is -0.475 e. The molecule has 14 heteroatoms. The number of carboxylic acid groups (broad SMARTS) is 1. The molecule has 0 aliphatic carbocycles. The number of rotatable bonds is 1. The van der Waals surface area contributed by atoms with Crippen LogP contribution in [0.5, 0.6) is 0 Å². The van der Waals surface area contributed by atoms with E-state index in [-0.39, 0.29) is 22.9 Å². The Morgan fingerprint density at radius 1 is 1.19 bits per heavy atom. The quantitative estimate of drug-likeness (QED) is 0.465. The number of aromatic nitrogens is 2. The van der Waals surface area contributed by atoms with Crippen LogP contribution in [0.3, 0.4) is 0 Å². The maximum atomic E-state index is 13.0. The molecule has 1 fully saturated rings. The SMILES string of the molecule is Nc1nc(N2CCC[C@H](N)C2)c2oc3ccc(C(F)(F)F)cc3c2n1.O=C(O)C(F)(F)F. The fourth-order valence-corrected chi connectivity index (χ4v) is 3.24. The van der Waals surface area contributed by atoms with Crippen LogP contribution in [0.2, 0.25) is 0 Å². The summed E-state index contributed by atoms with van der Waals surface area (Å²) in [6.07, 6.45) is -7.72. The van der Waals surface area contributed by atoms with Crippen LogP contribution in [0, 0.1) is 0 Å². The number of piperidine rings is 1. The Morgan fingerprint density at radius 3 is 2.41 bits per heavy atom. The fraction of sp³-hybridized carbons (Fsp3) is 0.389. The molecule has 1 saturated heterocycles. The lowest BCUT2D eigenvalue weighted by atomic mass is 10.1. The van der Waals surface area contributed by atoms with Gasteiger partial charge in [-0.15, -0.1) is 0 Å². The van der Waals surface area contributed by atoms with E-state index in [9.17, 15) is 26.3 Å². The molecule has 1 atom stereocenters. The average Bonchev–Trinajstić information content (AvgIpc) is 3.04. The van der Waals surface area contributed by atoms with Crippen molar-refractivity contribution in [1.82, 2.24) is 9.97 Å². The van der Waals surface area contributed by atoms with Crippen LogP contribution < -0.4 is 16.4 Å². The van der Waals surface area contributed by atoms with Gasteiger partial charge in [-0.25, -0.2) is 9.78 Å². The second-order valence-electron chi connectivity index (χ2n) is 7.05. The normalized spacial score (nSPS) is 17.3. The summed E-state index contributed by atoms with van der Waals surface area (Å²) in [6, 6.07) is 3.31. The first kappa shape index (κ1) is 23.4. The molecule has 2 aromatic heterocycles. The number of aliphatic carboxylic acids is 1. The van der Waals surface area contributed by atoms with Gasteiger partial charge in [-0.1, -0.05) is 0 Å². The van der Waals surface area contributed by atoms with Crippen molar-refractivity contribution in [2.24, 2.45) is 5.73 Å². The molecular formula is C18H17F6N5O3. The molecule has 0 bridgehead atoms. The number of hydrogen-bond donors (Lipinski definition) is 3. The van der Waals surface area contributed by atoms with E-state index >= 15 is 0 Å². The van der Waals surface area contributed by atoms with Gasteiger partial charge in [-0.05, 0) is 31.0 Å². The van der Waals surface area contributed by atoms with Crippen LogP contribution in [0.1, 0.15) is 18.4 Å². The number of nitrogen functional groups attached to an aromatic ring is 1. The molecule has 0 unspecified atom stereocenters. The minimum absolute atomic E-state index is 0.00111. The van der Waals surface area contributed by atoms with Gasteiger partial charge in [-0.3, -0.25) is 0 Å². The van der Waals surface area contributed by atoms with E-state index in [1.807, 2.05) is 4.90 Å². The maximum absolute atomic E-state index is 13.0. The average molecular weight is 465 g/mol. The lowest BCUT2D eigenvalue weighted by Crippen LogP contribution is -2.43. The van der Waals surface area contributed by atoms with Gasteiger partial charge in [-0.2, -0.15) is 31.3 Å². The third kappa shape index (κ3) is 4.95. The van der Waals surface area contributed by atoms with Crippen LogP contribution in [-0.4, -0.2) is 46.4 Å². The molecule has 1 aromatic carbocycles. The van der Waals surface area contributed by atoms with Crippen LogP contribution in [0.4, 0.5) is 38.1 Å². The molecular weight excluding hydrogens is 448 g/mol. The number of alkyl halides is 6. The highest BCUT2D eigenvalue weighted by Gasteiger charge is 2.38. The number of fused-ring (bicyclic) bond motifs is 3. The van der Waals surface area contributed by atoms with Crippen molar-refractivity contribution in [3.05, 3.63) is 23.8 Å². The first-order valence-corrected chi connectivity index (χ1v) is 9.15. The summed E-state index contributed by atoms with van der Waals surface area (Å²) in [6.45, 7) is 1.31. The Balaban J connectivity index is 0.000000360. The van der Waals surface area contributed by atoms with E-state index in [0.717, 1.165) is 31.5 Å². The highest BCUT2D eigenvalue weighted by molar-refractivity contribution is 6.06. The smallest absolute Gasteiger partial charge is 0.475 e. The number of carbonyl (C=O) groups is 1. The number of furan rings is 1. The topological polar surface area (TPSA) is 132 Å². The second kappa shape index (κ2) is 8.33. The van der Waals surface area contributed by atoms with Crippen LogP contribution >= 0.6 is 0 Å². The summed E-state index contributed by atoms with van der Waals surface area (Å²) in [7, 11) is 0. The molecule has 5 N–H and O–H groups in total. The van der Waals surface area contributed by atoms with Gasteiger partial charge in [0.2, 0.25) is 5.95 Å². The van der Waals surface area contributed by atoms with Crippen molar-refractivity contribution in [3.8, 4) is 0 Å². The number of nitrogens with two attached hydrogens (primary N) is 2. The molecule has 0 amide bonds. The predicted octanol–water partition coefficient (Wildman–Crippen LogP) is 3.54. The van der Waals surface area contributed by atoms with Gasteiger partial charge >= 0.3 is 18.3 Å². The van der Waals surface area contributed by atoms with Crippen LogP contribution in [0.25, 0.3) is 22.1 Å². The zero-order chi connectivity index (χ0) is 23.8. The van der Waals surface area contributed by atoms with Crippen LogP contribution in [0.15, 0.2) is 22.6 Å². The van der Waals surface area contributed by atoms with Crippen LogP contribution in [-0.2, 0) is 11.0 Å². The molecule has 4 rings (SSSR count). The molecule has 1 aliphatic rings. The minimum atomic E-state index is -5.08. The van der Waals surface area contributed by atoms with Crippen molar-refractivity contribution < 1.29 is 40.7 Å². The molecule has 0 saturated carbocycles. The van der Waals surface area contributed by atoms with Crippen molar-refractivity contribution in [2.75, 3.05) is 23.7 Å². The van der Waals surface area contributed by atoms with Gasteiger partial charge in [0.15, 0.2) is 11.4 Å². The number of benzene rings is 1. The van der Waals surface area contributed by atoms with E-state index in [1.165, 1.54) is 6.07 Å². The summed E-state index contributed by atoms with van der Waals surface area (Å²) >= 11 is 0. The molecule has 3 heterocycles. The third-order valence-electron chi connectivity index (χ3n) is 4.64. The Morgan fingerprint density at radius 2 is 1.84 bits per heavy atom. The van der Waals surface area contributed by atoms with Gasteiger partial charge in [0.05, 0.1) is 5.56 Å². The summed E-state index contributed by atoms with van der Waals surface area (Å²) < 4.78 is 76.5. The van der Waals surface area contributed by atoms with Crippen molar-refractivity contribution in [2.45, 2.75) is 31.2 Å². The number of anilines is 2. The number of hydrogen-bond acceptors (Lipinski definition) is 7. The fourth-order valence-electron chi connectivity index (χ4n) is 3.24. The first-order chi connectivity index (χ1) is 14.8. The van der Waals surface area contributed by atoms with E-state index < -0.39 is 23.9 Å². The zero-order valence-electron chi connectivity index (χ0n) is 16.2. The van der Waals surface area contributed by atoms with E-state index in [1.54, 1.807) is 0 Å². The Labute approximate surface area is 175 Å². The summed E-state index contributed by atoms with van der Waals surface area (Å²) in [4.78, 5) is 19.2. The summed E-state index contributed by atoms with van der Waals surface area (Å²) in [5.41, 5.74) is 12.0. The number of nitrogens with zero attached hydrogens (tertiary/aromatic N) is 3. The Hall–Kier alpha value is -3.29. The lowest BCUT2D eigenvalue weighted by molar-refractivity contribution is -0.192. The Kier molecular flexibility index (Phi) is 6.09. The third-order valence-corrected chi connectivity index (χ3v) is 4.64. The van der Waals surface area contributed by atoms with Gasteiger partial charge in [0.1, 0.15) is 11.1 Å². The van der Waals surface area contributed by atoms with E-state index in [0.29, 0.717) is 23.5 Å². The van der Waals surface area contributed by atoms with Crippen molar-refractivity contribution >= 4 is 39.8 Å². The highest BCUT2D eigenvalue weighted by Crippen LogP contribution is 2.38. The van der Waals surface area contributed by atoms with Gasteiger partial charge in [0, 0.05) is 24.5 Å². The zero-order valence-corrected chi connectivity index (χ0v) is 16.2. The number of carboxylic acids is 1. The van der Waals surface area contributed by atoms with E-state index in [4.69, 9.17) is 25.8 Å². The lowest BCUT2D eigenvalue weighted by Gasteiger charge is -2.31.